The fourth-order valence-corrected chi connectivity index (χ4v) is 5.81. The maximum Gasteiger partial charge on any atom is 0.217 e. The van der Waals surface area contributed by atoms with Crippen molar-refractivity contribution in [3.05, 3.63) is 76.2 Å². The smallest absolute Gasteiger partial charge is 0.217 e. The third-order valence-electron chi connectivity index (χ3n) is 7.63. The number of halogens is 2. The Balaban J connectivity index is 0.00000316. The lowest BCUT2D eigenvalue weighted by Crippen LogP contribution is -2.53. The molecule has 2 aromatic carbocycles. The standard InChI is InChI=1S/C32H44F2N4O2S.C2H6/c1-6-38(5)37-29-11-13-32(14-12-29,26-10-8-9-25(18-26)22(3)21-41-7-2)35-20-31(40)30(36-23(4)39)17-24-15-27(33)19-28(34)16-24;1-2/h8-10,15-16,18-19,21,30-31,35,40H,6-7,11-14,17,20H2,1-5H3,(H,36,39);1-2H3/b22-21+,37-29?;. The van der Waals surface area contributed by atoms with Crippen molar-refractivity contribution in [3.63, 3.8) is 0 Å². The van der Waals surface area contributed by atoms with E-state index in [0.29, 0.717) is 5.56 Å². The molecule has 1 saturated carbocycles. The summed E-state index contributed by atoms with van der Waals surface area (Å²) in [5.41, 5.74) is 4.61. The number of thioether (sulfide) groups is 1. The van der Waals surface area contributed by atoms with E-state index < -0.39 is 29.3 Å². The summed E-state index contributed by atoms with van der Waals surface area (Å²) in [5, 5.41) is 26.6. The molecule has 3 rings (SSSR count). The molecule has 0 bridgehead atoms. The zero-order valence-electron chi connectivity index (χ0n) is 26.8. The quantitative estimate of drug-likeness (QED) is 0.214. The fraction of sp³-hybridized carbons (Fsp3) is 0.529. The number of amides is 1. The predicted molar refractivity (Wildman–Crippen MR) is 177 cm³/mol. The SMILES string of the molecule is CC.CCS/C=C(\C)c1cccc(C2(NCC(O)C(Cc3cc(F)cc(F)c3)NC(C)=O)CCC(=NN(C)CC)CC2)c1. The topological polar surface area (TPSA) is 77.0 Å². The number of benzene rings is 2. The second kappa shape index (κ2) is 18.1. The van der Waals surface area contributed by atoms with E-state index in [0.717, 1.165) is 60.9 Å². The molecule has 43 heavy (non-hydrogen) atoms. The summed E-state index contributed by atoms with van der Waals surface area (Å²) < 4.78 is 27.7. The zero-order valence-corrected chi connectivity index (χ0v) is 27.7. The molecule has 0 saturated heterocycles. The number of nitrogens with one attached hydrogen (secondary N) is 2. The monoisotopic (exact) mass is 616 g/mol. The van der Waals surface area contributed by atoms with Gasteiger partial charge >= 0.3 is 0 Å². The summed E-state index contributed by atoms with van der Waals surface area (Å²) in [6, 6.07) is 11.1. The molecule has 0 aliphatic heterocycles. The number of rotatable bonds is 13. The molecule has 0 radical (unpaired) electrons. The molecule has 3 N–H and O–H groups in total. The second-order valence-electron chi connectivity index (χ2n) is 10.8. The van der Waals surface area contributed by atoms with Crippen LogP contribution in [-0.2, 0) is 16.8 Å². The minimum absolute atomic E-state index is 0.0961. The Hall–Kier alpha value is -2.75. The van der Waals surface area contributed by atoms with Crippen LogP contribution in [-0.4, -0.2) is 59.8 Å². The molecule has 0 heterocycles. The number of hydrogen-bond acceptors (Lipinski definition) is 6. The van der Waals surface area contributed by atoms with Crippen molar-refractivity contribution in [2.45, 2.75) is 91.3 Å². The first-order valence-corrected chi connectivity index (χ1v) is 16.4. The van der Waals surface area contributed by atoms with Gasteiger partial charge in [0.1, 0.15) is 11.6 Å². The van der Waals surface area contributed by atoms with E-state index in [1.807, 2.05) is 25.9 Å². The molecule has 1 aliphatic rings. The molecule has 1 amide bonds. The van der Waals surface area contributed by atoms with Crippen LogP contribution in [0.4, 0.5) is 8.78 Å². The average Bonchev–Trinajstić information content (AvgIpc) is 2.99. The Morgan fingerprint density at radius 1 is 1.12 bits per heavy atom. The molecule has 1 fully saturated rings. The van der Waals surface area contributed by atoms with Gasteiger partial charge in [0.25, 0.3) is 0 Å². The Morgan fingerprint density at radius 2 is 1.77 bits per heavy atom. The number of hydrogen-bond donors (Lipinski definition) is 3. The van der Waals surface area contributed by atoms with Gasteiger partial charge in [-0.15, -0.1) is 11.8 Å². The summed E-state index contributed by atoms with van der Waals surface area (Å²) in [4.78, 5) is 12.0. The van der Waals surface area contributed by atoms with Crippen LogP contribution in [0.3, 0.4) is 0 Å². The van der Waals surface area contributed by atoms with Crippen LogP contribution < -0.4 is 10.6 Å². The van der Waals surface area contributed by atoms with Gasteiger partial charge < -0.3 is 20.7 Å². The molecule has 2 atom stereocenters. The van der Waals surface area contributed by atoms with Gasteiger partial charge in [0, 0.05) is 44.4 Å². The highest BCUT2D eigenvalue weighted by molar-refractivity contribution is 8.02. The van der Waals surface area contributed by atoms with E-state index >= 15 is 0 Å². The minimum Gasteiger partial charge on any atom is -0.390 e. The minimum atomic E-state index is -0.992. The summed E-state index contributed by atoms with van der Waals surface area (Å²) in [6.07, 6.45) is 2.33. The molecule has 9 heteroatoms. The van der Waals surface area contributed by atoms with Crippen LogP contribution in [0.15, 0.2) is 53.0 Å². The Morgan fingerprint density at radius 3 is 2.35 bits per heavy atom. The molecule has 0 aromatic heterocycles. The van der Waals surface area contributed by atoms with Gasteiger partial charge in [-0.3, -0.25) is 4.79 Å². The summed E-state index contributed by atoms with van der Waals surface area (Å²) in [7, 11) is 1.98. The predicted octanol–water partition coefficient (Wildman–Crippen LogP) is 6.88. The molecular weight excluding hydrogens is 566 g/mol. The summed E-state index contributed by atoms with van der Waals surface area (Å²) >= 11 is 1.77. The Kier molecular flexibility index (Phi) is 15.4. The number of aliphatic hydroxyl groups excluding tert-OH is 1. The van der Waals surface area contributed by atoms with Gasteiger partial charge in [-0.25, -0.2) is 8.78 Å². The largest absolute Gasteiger partial charge is 0.390 e. The molecule has 1 aliphatic carbocycles. The number of allylic oxidation sites excluding steroid dienone is 1. The number of nitrogens with zero attached hydrogens (tertiary/aromatic N) is 2. The van der Waals surface area contributed by atoms with Gasteiger partial charge in [-0.2, -0.15) is 5.10 Å². The fourth-order valence-electron chi connectivity index (χ4n) is 5.25. The highest BCUT2D eigenvalue weighted by atomic mass is 32.2. The third kappa shape index (κ3) is 11.4. The number of hydrazone groups is 1. The number of carbonyl (C=O) groups is 1. The first-order chi connectivity index (χ1) is 20.5. The Labute approximate surface area is 261 Å². The average molecular weight is 617 g/mol. The molecular formula is C34H50F2N4O2S. The maximum absolute atomic E-state index is 13.8. The first kappa shape index (κ1) is 36.4. The van der Waals surface area contributed by atoms with Crippen molar-refractivity contribution in [3.8, 4) is 0 Å². The lowest BCUT2D eigenvalue weighted by atomic mass is 9.75. The van der Waals surface area contributed by atoms with Gasteiger partial charge in [0.2, 0.25) is 5.91 Å². The normalized spacial score (nSPS) is 18.3. The molecule has 2 unspecified atom stereocenters. The van der Waals surface area contributed by atoms with Crippen molar-refractivity contribution in [2.24, 2.45) is 5.10 Å². The number of carbonyl (C=O) groups excluding carboxylic acids is 1. The van der Waals surface area contributed by atoms with Crippen LogP contribution in [0.2, 0.25) is 0 Å². The van der Waals surface area contributed by atoms with Crippen LogP contribution in [0.25, 0.3) is 5.57 Å². The lowest BCUT2D eigenvalue weighted by molar-refractivity contribution is -0.120. The summed E-state index contributed by atoms with van der Waals surface area (Å²) in [5.74, 6) is -0.697. The second-order valence-corrected chi connectivity index (χ2v) is 11.9. The van der Waals surface area contributed by atoms with Crippen LogP contribution >= 0.6 is 11.8 Å². The van der Waals surface area contributed by atoms with Crippen LogP contribution in [0, 0.1) is 11.6 Å². The van der Waals surface area contributed by atoms with Crippen molar-refractivity contribution >= 4 is 29.0 Å². The number of aliphatic hydroxyl groups is 1. The lowest BCUT2D eigenvalue weighted by Gasteiger charge is -2.41. The van der Waals surface area contributed by atoms with Gasteiger partial charge in [0.15, 0.2) is 0 Å². The van der Waals surface area contributed by atoms with E-state index in [4.69, 9.17) is 5.10 Å². The molecule has 6 nitrogen and oxygen atoms in total. The highest BCUT2D eigenvalue weighted by Crippen LogP contribution is 2.38. The highest BCUT2D eigenvalue weighted by Gasteiger charge is 2.37. The van der Waals surface area contributed by atoms with Crippen LogP contribution in [0.1, 0.15) is 83.9 Å². The Bertz CT molecular complexity index is 1210. The van der Waals surface area contributed by atoms with Crippen molar-refractivity contribution in [1.82, 2.24) is 15.6 Å². The van der Waals surface area contributed by atoms with E-state index in [-0.39, 0.29) is 18.9 Å². The zero-order chi connectivity index (χ0) is 32.0. The van der Waals surface area contributed by atoms with Crippen molar-refractivity contribution < 1.29 is 18.7 Å². The van der Waals surface area contributed by atoms with E-state index in [2.05, 4.69) is 61.1 Å². The van der Waals surface area contributed by atoms with Gasteiger partial charge in [-0.05, 0) is 97.6 Å². The van der Waals surface area contributed by atoms with E-state index in [1.54, 1.807) is 11.8 Å². The van der Waals surface area contributed by atoms with E-state index in [1.165, 1.54) is 24.6 Å². The third-order valence-corrected chi connectivity index (χ3v) is 8.48. The van der Waals surface area contributed by atoms with Crippen LogP contribution in [0.5, 0.6) is 0 Å². The molecule has 2 aromatic rings. The molecule has 0 spiro atoms. The van der Waals surface area contributed by atoms with Gasteiger partial charge in [-0.1, -0.05) is 39.0 Å². The maximum atomic E-state index is 13.8. The van der Waals surface area contributed by atoms with Crippen molar-refractivity contribution in [2.75, 3.05) is 25.9 Å². The van der Waals surface area contributed by atoms with E-state index in [9.17, 15) is 18.7 Å². The first-order valence-electron chi connectivity index (χ1n) is 15.4. The van der Waals surface area contributed by atoms with Gasteiger partial charge in [0.05, 0.1) is 12.1 Å². The summed E-state index contributed by atoms with van der Waals surface area (Å²) in [6.45, 7) is 12.7. The molecule has 238 valence electrons. The van der Waals surface area contributed by atoms with Crippen molar-refractivity contribution in [1.29, 1.82) is 0 Å².